The van der Waals surface area contributed by atoms with Crippen LogP contribution in [0.5, 0.6) is 0 Å². The van der Waals surface area contributed by atoms with Crippen molar-refractivity contribution in [1.29, 1.82) is 0 Å². The summed E-state index contributed by atoms with van der Waals surface area (Å²) in [6.45, 7) is 0. The molecule has 0 fully saturated rings. The van der Waals surface area contributed by atoms with E-state index in [9.17, 15) is 31.1 Å². The minimum Gasteiger partial charge on any atom is -0.475 e. The van der Waals surface area contributed by atoms with Gasteiger partial charge in [0.25, 0.3) is 0 Å². The number of hydrogen-bond acceptors (Lipinski definition) is 2. The number of hydrogen-bond donors (Lipinski definition) is 1. The summed E-state index contributed by atoms with van der Waals surface area (Å²) in [5.41, 5.74) is -1.22. The highest BCUT2D eigenvalue weighted by Crippen LogP contribution is 2.30. The van der Waals surface area contributed by atoms with Crippen LogP contribution in [-0.2, 0) is 11.0 Å². The number of benzene rings is 1. The Hall–Kier alpha value is -2.06. The molecule has 19 heavy (non-hydrogen) atoms. The van der Waals surface area contributed by atoms with E-state index in [0.29, 0.717) is 0 Å². The van der Waals surface area contributed by atoms with Crippen molar-refractivity contribution in [2.75, 3.05) is 0 Å². The predicted octanol–water partition coefficient (Wildman–Crippen LogP) is 3.15. The van der Waals surface area contributed by atoms with Crippen LogP contribution in [0.15, 0.2) is 24.3 Å². The predicted molar refractivity (Wildman–Crippen MR) is 50.5 cm³/mol. The first-order chi connectivity index (χ1) is 8.50. The van der Waals surface area contributed by atoms with Gasteiger partial charge in [-0.15, -0.1) is 0 Å². The average molecular weight is 288 g/mol. The van der Waals surface area contributed by atoms with Crippen molar-refractivity contribution in [2.45, 2.75) is 12.4 Å². The van der Waals surface area contributed by atoms with Crippen molar-refractivity contribution in [3.8, 4) is 0 Å². The molecule has 0 atom stereocenters. The van der Waals surface area contributed by atoms with Gasteiger partial charge in [-0.1, -0.05) is 18.2 Å². The highest BCUT2D eigenvalue weighted by molar-refractivity contribution is 5.77. The normalized spacial score (nSPS) is 11.3. The monoisotopic (exact) mass is 288 g/mol. The largest absolute Gasteiger partial charge is 0.490 e. The third kappa shape index (κ3) is 5.89. The van der Waals surface area contributed by atoms with Crippen LogP contribution in [-0.4, -0.2) is 23.5 Å². The molecule has 0 amide bonds. The molecule has 106 valence electrons. The van der Waals surface area contributed by atoms with Gasteiger partial charge < -0.3 is 5.11 Å². The first kappa shape index (κ1) is 16.9. The Morgan fingerprint density at radius 1 is 1.05 bits per heavy atom. The van der Waals surface area contributed by atoms with Gasteiger partial charge in [-0.2, -0.15) is 26.3 Å². The van der Waals surface area contributed by atoms with E-state index in [2.05, 4.69) is 0 Å². The number of aldehydes is 1. The molecular weight excluding hydrogens is 282 g/mol. The summed E-state index contributed by atoms with van der Waals surface area (Å²) in [6, 6.07) is 4.65. The zero-order valence-electron chi connectivity index (χ0n) is 8.92. The maximum absolute atomic E-state index is 12.1. The van der Waals surface area contributed by atoms with Crippen molar-refractivity contribution in [2.24, 2.45) is 0 Å². The van der Waals surface area contributed by atoms with Crippen LogP contribution >= 0.6 is 0 Å². The molecule has 0 aromatic heterocycles. The lowest BCUT2D eigenvalue weighted by molar-refractivity contribution is -0.192. The van der Waals surface area contributed by atoms with E-state index in [0.717, 1.165) is 12.1 Å². The Morgan fingerprint density at radius 3 is 1.74 bits per heavy atom. The number of carboxylic acids is 1. The van der Waals surface area contributed by atoms with E-state index < -0.39 is 23.9 Å². The van der Waals surface area contributed by atoms with Gasteiger partial charge in [0, 0.05) is 5.56 Å². The van der Waals surface area contributed by atoms with Gasteiger partial charge >= 0.3 is 18.3 Å². The zero-order chi connectivity index (χ0) is 15.3. The van der Waals surface area contributed by atoms with Gasteiger partial charge in [0.15, 0.2) is 6.29 Å². The van der Waals surface area contributed by atoms with Gasteiger partial charge in [-0.25, -0.2) is 4.79 Å². The molecule has 1 rings (SSSR count). The fraction of sp³-hybridized carbons (Fsp3) is 0.200. The van der Waals surface area contributed by atoms with Crippen molar-refractivity contribution < 1.29 is 41.0 Å². The first-order valence-corrected chi connectivity index (χ1v) is 4.41. The molecule has 0 aliphatic carbocycles. The first-order valence-electron chi connectivity index (χ1n) is 4.41. The summed E-state index contributed by atoms with van der Waals surface area (Å²) in [6.07, 6.45) is -9.33. The average Bonchev–Trinajstić information content (AvgIpc) is 2.27. The summed E-state index contributed by atoms with van der Waals surface area (Å²) in [4.78, 5) is 19.1. The van der Waals surface area contributed by atoms with E-state index in [1.54, 1.807) is 0 Å². The Bertz CT molecular complexity index is 449. The number of halogens is 6. The summed E-state index contributed by atoms with van der Waals surface area (Å²) in [5.74, 6) is -2.76. The fourth-order valence-corrected chi connectivity index (χ4v) is 0.858. The van der Waals surface area contributed by atoms with Crippen LogP contribution in [0, 0.1) is 0 Å². The smallest absolute Gasteiger partial charge is 0.475 e. The van der Waals surface area contributed by atoms with Crippen molar-refractivity contribution in [3.05, 3.63) is 35.4 Å². The second-order valence-electron chi connectivity index (χ2n) is 3.01. The van der Waals surface area contributed by atoms with Crippen LogP contribution in [0.3, 0.4) is 0 Å². The molecule has 0 saturated heterocycles. The lowest BCUT2D eigenvalue weighted by Gasteiger charge is -2.07. The lowest BCUT2D eigenvalue weighted by atomic mass is 10.1. The molecule has 0 heterocycles. The molecule has 3 nitrogen and oxygen atoms in total. The Balaban J connectivity index is 0.000000399. The molecule has 0 spiro atoms. The summed E-state index contributed by atoms with van der Waals surface area (Å²) >= 11 is 0. The Morgan fingerprint density at radius 2 is 1.47 bits per heavy atom. The van der Waals surface area contributed by atoms with Crippen LogP contribution in [0.25, 0.3) is 0 Å². The molecule has 9 heteroatoms. The van der Waals surface area contributed by atoms with Crippen molar-refractivity contribution in [1.82, 2.24) is 0 Å². The molecule has 0 aliphatic rings. The fourth-order valence-electron chi connectivity index (χ4n) is 0.858. The summed E-state index contributed by atoms with van der Waals surface area (Å²) in [7, 11) is 0. The number of rotatable bonds is 1. The van der Waals surface area contributed by atoms with Crippen LogP contribution in [0.4, 0.5) is 26.3 Å². The van der Waals surface area contributed by atoms with Crippen LogP contribution in [0.1, 0.15) is 15.9 Å². The highest BCUT2D eigenvalue weighted by atomic mass is 19.4. The van der Waals surface area contributed by atoms with E-state index in [-0.39, 0.29) is 11.8 Å². The highest BCUT2D eigenvalue weighted by Gasteiger charge is 2.38. The number of carbonyl (C=O) groups excluding carboxylic acids is 1. The third-order valence-corrected chi connectivity index (χ3v) is 1.64. The molecule has 0 aliphatic heterocycles. The maximum Gasteiger partial charge on any atom is 0.490 e. The SMILES string of the molecule is O=C(O)C(F)(F)F.O=Cc1ccccc1C(F)(F)F. The quantitative estimate of drug-likeness (QED) is 0.638. The second-order valence-corrected chi connectivity index (χ2v) is 3.01. The van der Waals surface area contributed by atoms with Gasteiger partial charge in [0.1, 0.15) is 0 Å². The van der Waals surface area contributed by atoms with E-state index in [4.69, 9.17) is 9.90 Å². The maximum atomic E-state index is 12.1. The molecule has 1 N–H and O–H groups in total. The summed E-state index contributed by atoms with van der Waals surface area (Å²) < 4.78 is 68.0. The Labute approximate surface area is 102 Å². The van der Waals surface area contributed by atoms with Gasteiger partial charge in [0.05, 0.1) is 5.56 Å². The summed E-state index contributed by atoms with van der Waals surface area (Å²) in [5, 5.41) is 7.12. The molecule has 1 aromatic carbocycles. The van der Waals surface area contributed by atoms with Gasteiger partial charge in [-0.05, 0) is 6.07 Å². The van der Waals surface area contributed by atoms with Crippen LogP contribution < -0.4 is 0 Å². The van der Waals surface area contributed by atoms with Crippen LogP contribution in [0.2, 0.25) is 0 Å². The minimum absolute atomic E-state index is 0.197. The molecule has 1 aromatic rings. The molecule has 0 unspecified atom stereocenters. The van der Waals surface area contributed by atoms with Gasteiger partial charge in [0.2, 0.25) is 0 Å². The zero-order valence-corrected chi connectivity index (χ0v) is 8.92. The number of alkyl halides is 6. The van der Waals surface area contributed by atoms with E-state index in [1.165, 1.54) is 12.1 Å². The van der Waals surface area contributed by atoms with Gasteiger partial charge in [-0.3, -0.25) is 4.79 Å². The van der Waals surface area contributed by atoms with Crippen molar-refractivity contribution >= 4 is 12.3 Å². The van der Waals surface area contributed by atoms with E-state index >= 15 is 0 Å². The topological polar surface area (TPSA) is 54.4 Å². The minimum atomic E-state index is -5.08. The lowest BCUT2D eigenvalue weighted by Crippen LogP contribution is -2.21. The molecule has 0 saturated carbocycles. The standard InChI is InChI=1S/C8H5F3O.C2HF3O2/c9-8(10,11)7-4-2-1-3-6(7)5-12;3-2(4,5)1(6)7/h1-5H;(H,6,7). The molecule has 0 bridgehead atoms. The van der Waals surface area contributed by atoms with Crippen molar-refractivity contribution in [3.63, 3.8) is 0 Å². The number of carboxylic acid groups (broad SMARTS) is 1. The molecule has 0 radical (unpaired) electrons. The number of aliphatic carboxylic acids is 1. The number of carbonyl (C=O) groups is 2. The molecular formula is C10H6F6O3. The Kier molecular flexibility index (Phi) is 5.53. The third-order valence-electron chi connectivity index (χ3n) is 1.64. The van der Waals surface area contributed by atoms with E-state index in [1.807, 2.05) is 0 Å². The second kappa shape index (κ2) is 6.21.